The Morgan fingerprint density at radius 1 is 1.29 bits per heavy atom. The maximum Gasteiger partial charge on any atom is 0.407 e. The fourth-order valence-electron chi connectivity index (χ4n) is 2.74. The lowest BCUT2D eigenvalue weighted by Gasteiger charge is -2.36. The van der Waals surface area contributed by atoms with Gasteiger partial charge in [-0.2, -0.15) is 0 Å². The predicted octanol–water partition coefficient (Wildman–Crippen LogP) is 3.85. The quantitative estimate of drug-likeness (QED) is 0.810. The van der Waals surface area contributed by atoms with Crippen molar-refractivity contribution >= 4 is 6.09 Å². The molecule has 0 heterocycles. The Labute approximate surface area is 130 Å². The molecule has 0 aromatic rings. The number of rotatable bonds is 5. The number of carbonyl (C=O) groups is 1. The fraction of sp³-hybridized carbons (Fsp3) is 0.941. The first kappa shape index (κ1) is 18.3. The lowest BCUT2D eigenvalue weighted by atomic mass is 9.75. The highest BCUT2D eigenvalue weighted by Gasteiger charge is 2.27. The van der Waals surface area contributed by atoms with Gasteiger partial charge in [0.15, 0.2) is 0 Å². The zero-order valence-electron chi connectivity index (χ0n) is 14.7. The van der Waals surface area contributed by atoms with Crippen LogP contribution >= 0.6 is 0 Å². The molecule has 0 spiro atoms. The molecule has 0 saturated heterocycles. The molecule has 4 heteroatoms. The zero-order chi connectivity index (χ0) is 16.1. The van der Waals surface area contributed by atoms with E-state index in [9.17, 15) is 4.79 Å². The second-order valence-electron chi connectivity index (χ2n) is 8.09. The summed E-state index contributed by atoms with van der Waals surface area (Å²) in [5, 5.41) is 6.56. The minimum atomic E-state index is -0.436. The molecule has 1 rings (SSSR count). The molecule has 0 bridgehead atoms. The summed E-state index contributed by atoms with van der Waals surface area (Å²) in [7, 11) is 0. The number of hydrogen-bond acceptors (Lipinski definition) is 3. The van der Waals surface area contributed by atoms with Crippen LogP contribution in [0.3, 0.4) is 0 Å². The van der Waals surface area contributed by atoms with Crippen LogP contribution in [0.4, 0.5) is 4.79 Å². The van der Waals surface area contributed by atoms with E-state index in [2.05, 4.69) is 31.4 Å². The van der Waals surface area contributed by atoms with E-state index in [1.807, 2.05) is 20.8 Å². The number of alkyl carbamates (subject to hydrolysis) is 1. The molecule has 1 fully saturated rings. The summed E-state index contributed by atoms with van der Waals surface area (Å²) in [6.45, 7) is 13.1. The van der Waals surface area contributed by atoms with E-state index in [-0.39, 0.29) is 6.09 Å². The van der Waals surface area contributed by atoms with Crippen molar-refractivity contribution in [1.82, 2.24) is 10.6 Å². The Morgan fingerprint density at radius 3 is 2.33 bits per heavy atom. The molecule has 21 heavy (non-hydrogen) atoms. The first-order valence-corrected chi connectivity index (χ1v) is 8.34. The van der Waals surface area contributed by atoms with Crippen molar-refractivity contribution in [2.24, 2.45) is 5.41 Å². The van der Waals surface area contributed by atoms with Crippen LogP contribution in [-0.2, 0) is 4.74 Å². The van der Waals surface area contributed by atoms with Crippen LogP contribution in [0, 0.1) is 5.41 Å². The van der Waals surface area contributed by atoms with Crippen molar-refractivity contribution in [1.29, 1.82) is 0 Å². The van der Waals surface area contributed by atoms with Gasteiger partial charge >= 0.3 is 6.09 Å². The average molecular weight is 298 g/mol. The van der Waals surface area contributed by atoms with Crippen LogP contribution in [0.25, 0.3) is 0 Å². The van der Waals surface area contributed by atoms with Gasteiger partial charge in [-0.05, 0) is 58.3 Å². The molecule has 0 radical (unpaired) electrons. The Bertz CT molecular complexity index is 324. The van der Waals surface area contributed by atoms with Crippen molar-refractivity contribution in [3.8, 4) is 0 Å². The van der Waals surface area contributed by atoms with Crippen LogP contribution in [-0.4, -0.2) is 30.3 Å². The Kier molecular flexibility index (Phi) is 6.51. The molecule has 0 aromatic heterocycles. The van der Waals surface area contributed by atoms with E-state index >= 15 is 0 Å². The van der Waals surface area contributed by atoms with Crippen molar-refractivity contribution in [3.05, 3.63) is 0 Å². The summed E-state index contributed by atoms with van der Waals surface area (Å²) < 4.78 is 5.27. The molecule has 1 saturated carbocycles. The second-order valence-corrected chi connectivity index (χ2v) is 8.09. The average Bonchev–Trinajstić information content (AvgIpc) is 2.34. The smallest absolute Gasteiger partial charge is 0.407 e. The normalized spacial score (nSPS) is 20.9. The zero-order valence-corrected chi connectivity index (χ0v) is 14.7. The van der Waals surface area contributed by atoms with Gasteiger partial charge in [0.1, 0.15) is 5.60 Å². The van der Waals surface area contributed by atoms with E-state index in [0.29, 0.717) is 24.0 Å². The maximum absolute atomic E-state index is 11.7. The van der Waals surface area contributed by atoms with Crippen LogP contribution in [0.1, 0.15) is 73.6 Å². The van der Waals surface area contributed by atoms with Crippen LogP contribution in [0.15, 0.2) is 0 Å². The molecule has 1 aliphatic rings. The van der Waals surface area contributed by atoms with Crippen molar-refractivity contribution in [2.75, 3.05) is 6.54 Å². The van der Waals surface area contributed by atoms with Crippen molar-refractivity contribution in [2.45, 2.75) is 91.3 Å². The van der Waals surface area contributed by atoms with Gasteiger partial charge in [0, 0.05) is 18.6 Å². The van der Waals surface area contributed by atoms with Gasteiger partial charge in [0.2, 0.25) is 0 Å². The summed E-state index contributed by atoms with van der Waals surface area (Å²) in [6.07, 6.45) is 5.70. The lowest BCUT2D eigenvalue weighted by molar-refractivity contribution is 0.0520. The summed E-state index contributed by atoms with van der Waals surface area (Å²) in [5.41, 5.74) is 0.0584. The molecule has 0 aliphatic heterocycles. The third-order valence-corrected chi connectivity index (χ3v) is 4.20. The maximum atomic E-state index is 11.7. The number of ether oxygens (including phenoxy) is 1. The highest BCUT2D eigenvalue weighted by molar-refractivity contribution is 5.67. The minimum absolute atomic E-state index is 0.323. The molecular formula is C17H34N2O2. The summed E-state index contributed by atoms with van der Waals surface area (Å²) in [6, 6.07) is 0.909. The Balaban J connectivity index is 2.31. The molecule has 0 aromatic carbocycles. The predicted molar refractivity (Wildman–Crippen MR) is 87.5 cm³/mol. The number of carbonyl (C=O) groups excluding carboxylic acids is 1. The molecule has 1 aliphatic carbocycles. The third kappa shape index (κ3) is 7.70. The second kappa shape index (κ2) is 7.48. The van der Waals surface area contributed by atoms with E-state index in [0.717, 1.165) is 6.42 Å². The highest BCUT2D eigenvalue weighted by atomic mass is 16.6. The first-order valence-electron chi connectivity index (χ1n) is 8.34. The molecule has 1 amide bonds. The summed E-state index contributed by atoms with van der Waals surface area (Å²) in [4.78, 5) is 11.7. The minimum Gasteiger partial charge on any atom is -0.444 e. The topological polar surface area (TPSA) is 50.4 Å². The Morgan fingerprint density at radius 2 is 1.86 bits per heavy atom. The Hall–Kier alpha value is -0.770. The van der Waals surface area contributed by atoms with Gasteiger partial charge < -0.3 is 15.4 Å². The van der Waals surface area contributed by atoms with E-state index < -0.39 is 5.60 Å². The van der Waals surface area contributed by atoms with E-state index in [4.69, 9.17) is 4.74 Å². The molecule has 4 nitrogen and oxygen atoms in total. The first-order chi connectivity index (χ1) is 9.61. The van der Waals surface area contributed by atoms with E-state index in [1.165, 1.54) is 25.7 Å². The largest absolute Gasteiger partial charge is 0.444 e. The van der Waals surface area contributed by atoms with Gasteiger partial charge in [-0.1, -0.05) is 20.8 Å². The van der Waals surface area contributed by atoms with E-state index in [1.54, 1.807) is 0 Å². The number of amides is 1. The number of hydrogen-bond donors (Lipinski definition) is 2. The summed E-state index contributed by atoms with van der Waals surface area (Å²) >= 11 is 0. The molecule has 1 atom stereocenters. The molecule has 2 N–H and O–H groups in total. The van der Waals surface area contributed by atoms with Crippen molar-refractivity contribution < 1.29 is 9.53 Å². The van der Waals surface area contributed by atoms with Crippen LogP contribution < -0.4 is 10.6 Å². The lowest BCUT2D eigenvalue weighted by Crippen LogP contribution is -2.47. The highest BCUT2D eigenvalue weighted by Crippen LogP contribution is 2.35. The van der Waals surface area contributed by atoms with Gasteiger partial charge in [-0.3, -0.25) is 0 Å². The molecular weight excluding hydrogens is 264 g/mol. The molecule has 124 valence electrons. The van der Waals surface area contributed by atoms with Gasteiger partial charge in [0.25, 0.3) is 0 Å². The van der Waals surface area contributed by atoms with Gasteiger partial charge in [-0.15, -0.1) is 0 Å². The number of nitrogens with one attached hydrogen (secondary N) is 2. The van der Waals surface area contributed by atoms with Crippen LogP contribution in [0.2, 0.25) is 0 Å². The molecule has 1 unspecified atom stereocenters. The summed E-state index contributed by atoms with van der Waals surface area (Å²) in [5.74, 6) is 0. The van der Waals surface area contributed by atoms with Crippen LogP contribution in [0.5, 0.6) is 0 Å². The van der Waals surface area contributed by atoms with Gasteiger partial charge in [-0.25, -0.2) is 4.79 Å². The SMILES string of the molecule is CCC(CNC(=O)OC(C)(C)C)NC1CCC(C)(C)CC1. The fourth-order valence-corrected chi connectivity index (χ4v) is 2.74. The monoisotopic (exact) mass is 298 g/mol. The standard InChI is InChI=1S/C17H34N2O2/c1-7-13(12-18-15(20)21-16(2,3)4)19-14-8-10-17(5,6)11-9-14/h13-14,19H,7-12H2,1-6H3,(H,18,20). The van der Waals surface area contributed by atoms with Gasteiger partial charge in [0.05, 0.1) is 0 Å². The van der Waals surface area contributed by atoms with Crippen molar-refractivity contribution in [3.63, 3.8) is 0 Å². The third-order valence-electron chi connectivity index (χ3n) is 4.20.